The number of imidazole rings is 1. The molecule has 1 aliphatic carbocycles. The van der Waals surface area contributed by atoms with E-state index in [1.165, 1.54) is 18.0 Å². The first-order chi connectivity index (χ1) is 17.1. The summed E-state index contributed by atoms with van der Waals surface area (Å²) in [4.78, 5) is 26.2. The number of H-pyrrole nitrogens is 1. The summed E-state index contributed by atoms with van der Waals surface area (Å²) < 4.78 is 15.2. The molecule has 0 amide bonds. The molecule has 3 aliphatic rings. The molecule has 0 atom stereocenters. The number of hydrogen-bond donors (Lipinski definition) is 2. The number of aromatic nitrogens is 4. The lowest BCUT2D eigenvalue weighted by atomic mass is 9.99. The highest BCUT2D eigenvalue weighted by Crippen LogP contribution is 2.33. The van der Waals surface area contributed by atoms with E-state index < -0.39 is 0 Å². The third kappa shape index (κ3) is 4.01. The van der Waals surface area contributed by atoms with Crippen molar-refractivity contribution in [2.24, 2.45) is 4.99 Å². The van der Waals surface area contributed by atoms with E-state index in [2.05, 4.69) is 56.2 Å². The molecule has 1 saturated heterocycles. The Morgan fingerprint density at radius 2 is 1.80 bits per heavy atom. The molecule has 178 valence electrons. The van der Waals surface area contributed by atoms with Crippen molar-refractivity contribution in [2.75, 3.05) is 45.2 Å². The van der Waals surface area contributed by atoms with E-state index in [1.54, 1.807) is 12.4 Å². The topological polar surface area (TPSA) is 85.3 Å². The van der Waals surface area contributed by atoms with Gasteiger partial charge in [-0.3, -0.25) is 4.99 Å². The molecule has 3 aromatic rings. The van der Waals surface area contributed by atoms with Gasteiger partial charge in [0.25, 0.3) is 0 Å². The molecule has 1 aromatic carbocycles. The number of hydrogen-bond acceptors (Lipinski definition) is 7. The number of fused-ring (bicyclic) bond motifs is 2. The van der Waals surface area contributed by atoms with Gasteiger partial charge in [0.2, 0.25) is 0 Å². The van der Waals surface area contributed by atoms with Crippen LogP contribution in [0, 0.1) is 5.82 Å². The van der Waals surface area contributed by atoms with Gasteiger partial charge in [0.15, 0.2) is 5.82 Å². The quantitative estimate of drug-likeness (QED) is 0.611. The average Bonchev–Trinajstić information content (AvgIpc) is 3.21. The van der Waals surface area contributed by atoms with Gasteiger partial charge in [-0.1, -0.05) is 11.6 Å². The molecule has 2 N–H and O–H groups in total. The van der Waals surface area contributed by atoms with Crippen LogP contribution < -0.4 is 5.32 Å². The number of rotatable bonds is 3. The van der Waals surface area contributed by atoms with Crippen molar-refractivity contribution < 1.29 is 4.39 Å². The van der Waals surface area contributed by atoms with Gasteiger partial charge in [-0.25, -0.2) is 19.3 Å². The van der Waals surface area contributed by atoms with Crippen LogP contribution in [0.15, 0.2) is 53.6 Å². The highest BCUT2D eigenvalue weighted by atomic mass is 19.1. The minimum Gasteiger partial charge on any atom is -0.367 e. The van der Waals surface area contributed by atoms with Crippen LogP contribution in [-0.4, -0.2) is 75.3 Å². The molecule has 9 heteroatoms. The van der Waals surface area contributed by atoms with Crippen LogP contribution in [0.4, 0.5) is 10.1 Å². The van der Waals surface area contributed by atoms with Gasteiger partial charge in [0.05, 0.1) is 11.4 Å². The van der Waals surface area contributed by atoms with E-state index in [9.17, 15) is 0 Å². The second-order valence-corrected chi connectivity index (χ2v) is 9.29. The van der Waals surface area contributed by atoms with E-state index in [-0.39, 0.29) is 5.82 Å². The first kappa shape index (κ1) is 21.7. The largest absolute Gasteiger partial charge is 0.367 e. The molecule has 8 nitrogen and oxygen atoms in total. The minimum absolute atomic E-state index is 0.290. The molecular formula is C26H27FN8. The Morgan fingerprint density at radius 1 is 1.00 bits per heavy atom. The van der Waals surface area contributed by atoms with Gasteiger partial charge < -0.3 is 20.1 Å². The fraction of sp³-hybridized carbons (Fsp3) is 0.308. The Hall–Kier alpha value is -3.85. The minimum atomic E-state index is -0.335. The van der Waals surface area contributed by atoms with Crippen LogP contribution >= 0.6 is 0 Å². The average molecular weight is 471 g/mol. The number of aliphatic imine (C=N–C) groups is 1. The van der Waals surface area contributed by atoms with Gasteiger partial charge in [-0.05, 0) is 37.7 Å². The Bertz CT molecular complexity index is 1360. The van der Waals surface area contributed by atoms with E-state index in [0.717, 1.165) is 55.2 Å². The third-order valence-corrected chi connectivity index (χ3v) is 6.80. The van der Waals surface area contributed by atoms with Crippen molar-refractivity contribution in [1.29, 1.82) is 0 Å². The Balaban J connectivity index is 1.42. The molecule has 35 heavy (non-hydrogen) atoms. The number of halogens is 1. The van der Waals surface area contributed by atoms with E-state index in [1.807, 2.05) is 6.07 Å². The lowest BCUT2D eigenvalue weighted by molar-refractivity contribution is 0.207. The van der Waals surface area contributed by atoms with Gasteiger partial charge in [-0.2, -0.15) is 0 Å². The molecule has 6 rings (SSSR count). The summed E-state index contributed by atoms with van der Waals surface area (Å²) in [6, 6.07) is 3.44. The van der Waals surface area contributed by atoms with Crippen molar-refractivity contribution in [3.8, 4) is 11.1 Å². The maximum absolute atomic E-state index is 15.2. The Morgan fingerprint density at radius 3 is 2.60 bits per heavy atom. The molecule has 0 saturated carbocycles. The lowest BCUT2D eigenvalue weighted by Crippen LogP contribution is -2.43. The van der Waals surface area contributed by atoms with Crippen LogP contribution in [-0.2, 0) is 6.42 Å². The van der Waals surface area contributed by atoms with Crippen LogP contribution in [0.2, 0.25) is 0 Å². The van der Waals surface area contributed by atoms with E-state index in [0.29, 0.717) is 35.0 Å². The van der Waals surface area contributed by atoms with Crippen molar-refractivity contribution in [2.45, 2.75) is 13.3 Å². The van der Waals surface area contributed by atoms with E-state index in [4.69, 9.17) is 9.98 Å². The molecule has 0 radical (unpaired) electrons. The number of anilines is 1. The van der Waals surface area contributed by atoms with Gasteiger partial charge in [0, 0.05) is 61.8 Å². The zero-order valence-electron chi connectivity index (χ0n) is 19.8. The summed E-state index contributed by atoms with van der Waals surface area (Å²) in [5, 5.41) is 3.08. The molecule has 4 heterocycles. The maximum atomic E-state index is 15.2. The number of aromatic amines is 1. The Labute approximate surface area is 203 Å². The molecule has 0 spiro atoms. The molecule has 0 unspecified atom stereocenters. The van der Waals surface area contributed by atoms with Crippen molar-refractivity contribution >= 4 is 17.1 Å². The summed E-state index contributed by atoms with van der Waals surface area (Å²) in [5.74, 6) is 0.326. The first-order valence-electron chi connectivity index (χ1n) is 11.8. The van der Waals surface area contributed by atoms with Crippen LogP contribution in [0.25, 0.3) is 16.8 Å². The summed E-state index contributed by atoms with van der Waals surface area (Å²) in [7, 11) is 2.16. The lowest BCUT2D eigenvalue weighted by Gasteiger charge is -2.35. The highest BCUT2D eigenvalue weighted by Gasteiger charge is 2.27. The number of nitrogens with one attached hydrogen (secondary N) is 2. The maximum Gasteiger partial charge on any atom is 0.157 e. The zero-order chi connectivity index (χ0) is 23.9. The number of allylic oxidation sites excluding steroid dienone is 3. The van der Waals surface area contributed by atoms with Crippen molar-refractivity contribution in [3.05, 3.63) is 77.2 Å². The molecule has 1 fully saturated rings. The normalized spacial score (nSPS) is 18.0. The zero-order valence-corrected chi connectivity index (χ0v) is 19.8. The molecule has 2 aliphatic heterocycles. The summed E-state index contributed by atoms with van der Waals surface area (Å²) in [6.45, 7) is 6.37. The summed E-state index contributed by atoms with van der Waals surface area (Å²) in [5.41, 5.74) is 7.62. The van der Waals surface area contributed by atoms with Crippen molar-refractivity contribution in [1.82, 2.24) is 29.7 Å². The number of nitrogens with zero attached hydrogens (tertiary/aromatic N) is 6. The number of benzene rings is 1. The van der Waals surface area contributed by atoms with E-state index >= 15 is 4.39 Å². The second kappa shape index (κ2) is 8.74. The fourth-order valence-electron chi connectivity index (χ4n) is 4.87. The summed E-state index contributed by atoms with van der Waals surface area (Å²) in [6.07, 6.45) is 9.97. The van der Waals surface area contributed by atoms with Crippen LogP contribution in [0.5, 0.6) is 0 Å². The third-order valence-electron chi connectivity index (χ3n) is 6.80. The van der Waals surface area contributed by atoms with Gasteiger partial charge >= 0.3 is 0 Å². The van der Waals surface area contributed by atoms with Gasteiger partial charge in [-0.15, -0.1) is 0 Å². The Kier molecular flexibility index (Phi) is 5.41. The van der Waals surface area contributed by atoms with Crippen LogP contribution in [0.3, 0.4) is 0 Å². The molecule has 2 aromatic heterocycles. The molecule has 0 bridgehead atoms. The number of piperazine rings is 1. The first-order valence-corrected chi connectivity index (χ1v) is 11.8. The monoisotopic (exact) mass is 470 g/mol. The highest BCUT2D eigenvalue weighted by molar-refractivity contribution is 6.15. The second-order valence-electron chi connectivity index (χ2n) is 9.29. The predicted octanol–water partition coefficient (Wildman–Crippen LogP) is 3.32. The number of likely N-dealkylation sites (N-methyl/N-ethyl adjacent to an activating group) is 1. The standard InChI is InChI=1S/C26H27FN8/c1-16-3-4-22(35-7-5-34(2)6-8-35)25-21(9-16)32-26(33-25)24-19-10-17(18-12-28-14-29-13-18)11-20(27)23(19)30-15-31-24/h3-4,10-14,30H,5-9,15H2,1-2H3,(H,32,33). The SMILES string of the molecule is CC1=CC=C(N2CCN(C)CC2)c2nc(C3=NCNc4c(F)cc(-c5cncnc5)cc43)[nH]c2C1. The summed E-state index contributed by atoms with van der Waals surface area (Å²) >= 11 is 0. The van der Waals surface area contributed by atoms with Crippen molar-refractivity contribution in [3.63, 3.8) is 0 Å². The van der Waals surface area contributed by atoms with Crippen LogP contribution in [0.1, 0.15) is 29.7 Å². The molecular weight excluding hydrogens is 443 g/mol. The van der Waals surface area contributed by atoms with Gasteiger partial charge in [0.1, 0.15) is 30.2 Å². The smallest absolute Gasteiger partial charge is 0.157 e. The predicted molar refractivity (Wildman–Crippen MR) is 135 cm³/mol. The fourth-order valence-corrected chi connectivity index (χ4v) is 4.87.